The lowest BCUT2D eigenvalue weighted by Gasteiger charge is -2.15. The number of amides is 1. The molecule has 1 heterocycles. The lowest BCUT2D eigenvalue weighted by atomic mass is 10.1. The largest absolute Gasteiger partial charge is 0.468 e. The fraction of sp³-hybridized carbons (Fsp3) is 0.545. The van der Waals surface area contributed by atoms with Gasteiger partial charge < -0.3 is 20.7 Å². The van der Waals surface area contributed by atoms with Crippen molar-refractivity contribution in [1.29, 1.82) is 0 Å². The Kier molecular flexibility index (Phi) is 4.81. The summed E-state index contributed by atoms with van der Waals surface area (Å²) in [5, 5.41) is 8.54. The van der Waals surface area contributed by atoms with E-state index in [2.05, 4.69) is 20.7 Å². The van der Waals surface area contributed by atoms with Gasteiger partial charge in [-0.1, -0.05) is 13.8 Å². The van der Waals surface area contributed by atoms with E-state index < -0.39 is 5.97 Å². The zero-order valence-electron chi connectivity index (χ0n) is 10.3. The molecule has 1 rings (SSSR count). The molecular weight excluding hydrogens is 222 g/mol. The van der Waals surface area contributed by atoms with Crippen LogP contribution in [0.15, 0.2) is 11.9 Å². The average Bonchev–Trinajstić information content (AvgIpc) is 2.72. The highest BCUT2D eigenvalue weighted by molar-refractivity contribution is 5.95. The monoisotopic (exact) mass is 240 g/mol. The highest BCUT2D eigenvalue weighted by atomic mass is 16.5. The van der Waals surface area contributed by atoms with Gasteiger partial charge in [-0.05, 0) is 12.3 Å². The molecule has 1 amide bonds. The quantitative estimate of drug-likeness (QED) is 0.572. The van der Waals surface area contributed by atoms with Crippen molar-refractivity contribution in [2.24, 2.45) is 0 Å². The van der Waals surface area contributed by atoms with Crippen LogP contribution < -0.4 is 16.0 Å². The maximum Gasteiger partial charge on any atom is 0.325 e. The molecule has 0 fully saturated rings. The molecule has 1 atom stereocenters. The van der Waals surface area contributed by atoms with Gasteiger partial charge in [0, 0.05) is 6.20 Å². The first-order valence-electron chi connectivity index (χ1n) is 5.39. The standard InChI is InChI=1S/C11H18N3O3/c1-7(2)4-9-12-5-8(14-9)11(16)13-6-10(15)17-3/h5,9,12,14H,4,6H2,1-3H3,(H,13,16). The maximum absolute atomic E-state index is 11.6. The van der Waals surface area contributed by atoms with Gasteiger partial charge in [0.15, 0.2) is 0 Å². The van der Waals surface area contributed by atoms with Crippen molar-refractivity contribution in [1.82, 2.24) is 16.0 Å². The Hall–Kier alpha value is -1.72. The van der Waals surface area contributed by atoms with Crippen LogP contribution >= 0.6 is 0 Å². The average molecular weight is 240 g/mol. The summed E-state index contributed by atoms with van der Waals surface area (Å²) in [6.45, 7) is 3.93. The fourth-order valence-electron chi connectivity index (χ4n) is 1.42. The van der Waals surface area contributed by atoms with Crippen LogP contribution in [0.4, 0.5) is 0 Å². The molecule has 6 nitrogen and oxygen atoms in total. The molecule has 0 saturated carbocycles. The van der Waals surface area contributed by atoms with Gasteiger partial charge in [0.25, 0.3) is 5.91 Å². The van der Waals surface area contributed by atoms with Crippen molar-refractivity contribution in [3.63, 3.8) is 0 Å². The first-order valence-corrected chi connectivity index (χ1v) is 5.39. The molecule has 0 saturated heterocycles. The van der Waals surface area contributed by atoms with Crippen LogP contribution in [-0.2, 0) is 14.3 Å². The number of hydrogen-bond acceptors (Lipinski definition) is 5. The van der Waals surface area contributed by atoms with E-state index >= 15 is 0 Å². The zero-order valence-corrected chi connectivity index (χ0v) is 10.3. The Bertz CT molecular complexity index is 326. The minimum absolute atomic E-state index is 0.0406. The summed E-state index contributed by atoms with van der Waals surface area (Å²) in [5.41, 5.74) is 0.431. The van der Waals surface area contributed by atoms with Gasteiger partial charge in [0.2, 0.25) is 0 Å². The topological polar surface area (TPSA) is 79.5 Å². The summed E-state index contributed by atoms with van der Waals surface area (Å²) in [4.78, 5) is 22.4. The van der Waals surface area contributed by atoms with Crippen LogP contribution in [0.5, 0.6) is 0 Å². The van der Waals surface area contributed by atoms with Gasteiger partial charge in [0.05, 0.1) is 13.3 Å². The number of carbonyl (C=O) groups excluding carboxylic acids is 2. The first-order chi connectivity index (χ1) is 8.02. The lowest BCUT2D eigenvalue weighted by Crippen LogP contribution is -2.38. The molecule has 0 aromatic rings. The van der Waals surface area contributed by atoms with E-state index in [-0.39, 0.29) is 18.6 Å². The van der Waals surface area contributed by atoms with E-state index in [1.807, 2.05) is 13.8 Å². The highest BCUT2D eigenvalue weighted by Crippen LogP contribution is 2.09. The molecule has 0 bridgehead atoms. The van der Waals surface area contributed by atoms with E-state index in [1.54, 1.807) is 6.20 Å². The van der Waals surface area contributed by atoms with Crippen molar-refractivity contribution in [2.45, 2.75) is 26.4 Å². The van der Waals surface area contributed by atoms with Crippen molar-refractivity contribution >= 4 is 11.9 Å². The number of hydrogen-bond donors (Lipinski definition) is 3. The molecule has 1 unspecified atom stereocenters. The number of nitrogens with one attached hydrogen (secondary N) is 3. The van der Waals surface area contributed by atoms with E-state index in [9.17, 15) is 9.59 Å². The lowest BCUT2D eigenvalue weighted by molar-refractivity contribution is -0.140. The molecular formula is C11H18N3O3. The van der Waals surface area contributed by atoms with Gasteiger partial charge >= 0.3 is 5.97 Å². The predicted molar refractivity (Wildman–Crippen MR) is 62.4 cm³/mol. The minimum Gasteiger partial charge on any atom is -0.468 e. The van der Waals surface area contributed by atoms with Crippen LogP contribution in [0.3, 0.4) is 0 Å². The van der Waals surface area contributed by atoms with Gasteiger partial charge in [-0.15, -0.1) is 0 Å². The highest BCUT2D eigenvalue weighted by Gasteiger charge is 2.21. The molecule has 3 N–H and O–H groups in total. The van der Waals surface area contributed by atoms with Gasteiger partial charge in [-0.2, -0.15) is 0 Å². The van der Waals surface area contributed by atoms with Crippen LogP contribution in [0.2, 0.25) is 0 Å². The second kappa shape index (κ2) is 6.12. The predicted octanol–water partition coefficient (Wildman–Crippen LogP) is -0.360. The molecule has 17 heavy (non-hydrogen) atoms. The van der Waals surface area contributed by atoms with Crippen molar-refractivity contribution in [3.8, 4) is 0 Å². The Morgan fingerprint density at radius 1 is 1.47 bits per heavy atom. The summed E-state index contributed by atoms with van der Waals surface area (Å²) < 4.78 is 4.42. The Labute approximate surface area is 101 Å². The molecule has 1 radical (unpaired) electrons. The third-order valence-electron chi connectivity index (χ3n) is 2.24. The SMILES string of the molecule is COC(=O)CNC(=O)C1=CNC(C[C](C)C)N1. The molecule has 1 aliphatic heterocycles. The molecule has 0 aromatic heterocycles. The third-order valence-corrected chi connectivity index (χ3v) is 2.24. The summed E-state index contributed by atoms with van der Waals surface area (Å²) >= 11 is 0. The first kappa shape index (κ1) is 13.3. The Morgan fingerprint density at radius 3 is 2.76 bits per heavy atom. The summed E-state index contributed by atoms with van der Waals surface area (Å²) in [7, 11) is 1.28. The van der Waals surface area contributed by atoms with E-state index in [4.69, 9.17) is 0 Å². The van der Waals surface area contributed by atoms with Crippen molar-refractivity contribution < 1.29 is 14.3 Å². The third kappa shape index (κ3) is 4.34. The number of ether oxygens (including phenoxy) is 1. The van der Waals surface area contributed by atoms with E-state index in [1.165, 1.54) is 13.0 Å². The zero-order chi connectivity index (χ0) is 12.8. The summed E-state index contributed by atoms with van der Waals surface area (Å²) in [6, 6.07) is 0. The number of rotatable bonds is 5. The second-order valence-electron chi connectivity index (χ2n) is 4.09. The minimum atomic E-state index is -0.473. The normalized spacial score (nSPS) is 18.1. The Morgan fingerprint density at radius 2 is 2.18 bits per heavy atom. The van der Waals surface area contributed by atoms with Gasteiger partial charge in [-0.25, -0.2) is 0 Å². The maximum atomic E-state index is 11.6. The number of esters is 1. The smallest absolute Gasteiger partial charge is 0.325 e. The van der Waals surface area contributed by atoms with Crippen LogP contribution in [-0.4, -0.2) is 31.7 Å². The molecule has 0 aliphatic carbocycles. The molecule has 6 heteroatoms. The van der Waals surface area contributed by atoms with Crippen molar-refractivity contribution in [2.75, 3.05) is 13.7 Å². The summed E-state index contributed by atoms with van der Waals surface area (Å²) in [5.74, 6) is 0.470. The summed E-state index contributed by atoms with van der Waals surface area (Å²) in [6.07, 6.45) is 2.49. The van der Waals surface area contributed by atoms with Crippen molar-refractivity contribution in [3.05, 3.63) is 17.8 Å². The fourth-order valence-corrected chi connectivity index (χ4v) is 1.42. The second-order valence-corrected chi connectivity index (χ2v) is 4.09. The molecule has 1 aliphatic rings. The molecule has 0 spiro atoms. The van der Waals surface area contributed by atoms with Gasteiger partial charge in [0.1, 0.15) is 12.2 Å². The van der Waals surface area contributed by atoms with Crippen LogP contribution in [0, 0.1) is 5.92 Å². The van der Waals surface area contributed by atoms with Gasteiger partial charge in [-0.3, -0.25) is 9.59 Å². The van der Waals surface area contributed by atoms with Crippen LogP contribution in [0.25, 0.3) is 0 Å². The number of methoxy groups -OCH3 is 1. The van der Waals surface area contributed by atoms with E-state index in [0.717, 1.165) is 6.42 Å². The molecule has 0 aromatic carbocycles. The Balaban J connectivity index is 2.32. The molecule has 95 valence electrons. The van der Waals surface area contributed by atoms with Crippen LogP contribution in [0.1, 0.15) is 20.3 Å². The van der Waals surface area contributed by atoms with E-state index in [0.29, 0.717) is 5.70 Å². The number of carbonyl (C=O) groups is 2.